The van der Waals surface area contributed by atoms with Gasteiger partial charge < -0.3 is 15.9 Å². The van der Waals surface area contributed by atoms with Crippen LogP contribution in [0.3, 0.4) is 0 Å². The lowest BCUT2D eigenvalue weighted by molar-refractivity contribution is -0.138. The van der Waals surface area contributed by atoms with Crippen molar-refractivity contribution in [3.8, 4) is 0 Å². The topological polar surface area (TPSA) is 101 Å². The van der Waals surface area contributed by atoms with E-state index < -0.39 is 11.9 Å². The Morgan fingerprint density at radius 3 is 2.06 bits per heavy atom. The van der Waals surface area contributed by atoms with Crippen LogP contribution in [0.4, 0.5) is 0 Å². The van der Waals surface area contributed by atoms with Crippen LogP contribution in [0.25, 0.3) is 0 Å². The molecule has 0 aliphatic carbocycles. The van der Waals surface area contributed by atoms with Gasteiger partial charge in [0.1, 0.15) is 0 Å². The quantitative estimate of drug-likeness (QED) is 0.494. The number of unbranched alkanes of at least 4 members (excludes halogenated alkanes) is 1. The van der Waals surface area contributed by atoms with Crippen molar-refractivity contribution in [1.82, 2.24) is 0 Å². The van der Waals surface area contributed by atoms with E-state index in [1.807, 2.05) is 0 Å². The molecular formula is C11H21NO4. The van der Waals surface area contributed by atoms with Crippen LogP contribution in [0.5, 0.6) is 0 Å². The van der Waals surface area contributed by atoms with E-state index in [1.54, 1.807) is 0 Å². The number of nitrogens with two attached hydrogens (primary N) is 1. The van der Waals surface area contributed by atoms with Gasteiger partial charge in [-0.1, -0.05) is 12.8 Å². The zero-order valence-electron chi connectivity index (χ0n) is 9.52. The van der Waals surface area contributed by atoms with Crippen molar-refractivity contribution in [1.29, 1.82) is 0 Å². The Kier molecular flexibility index (Phi) is 8.52. The molecule has 0 aliphatic rings. The molecule has 4 N–H and O–H groups in total. The number of carbonyl (C=O) groups is 2. The van der Waals surface area contributed by atoms with Crippen molar-refractivity contribution in [2.75, 3.05) is 6.54 Å². The molecule has 0 radical (unpaired) electrons. The molecule has 0 aromatic carbocycles. The first-order valence-corrected chi connectivity index (χ1v) is 5.70. The Balaban J connectivity index is 3.66. The molecule has 5 heteroatoms. The summed E-state index contributed by atoms with van der Waals surface area (Å²) in [5.41, 5.74) is 5.45. The average Bonchev–Trinajstić information content (AvgIpc) is 2.20. The maximum atomic E-state index is 10.4. The SMILES string of the molecule is NCCC(CCCCC(=O)O)CCC(=O)O. The van der Waals surface area contributed by atoms with Gasteiger partial charge in [0.2, 0.25) is 0 Å². The fraction of sp³-hybridized carbons (Fsp3) is 0.818. The second-order valence-electron chi connectivity index (χ2n) is 4.02. The first-order valence-electron chi connectivity index (χ1n) is 5.70. The summed E-state index contributed by atoms with van der Waals surface area (Å²) in [7, 11) is 0. The van der Waals surface area contributed by atoms with Crippen LogP contribution in [-0.4, -0.2) is 28.7 Å². The fourth-order valence-corrected chi connectivity index (χ4v) is 1.71. The Hall–Kier alpha value is -1.10. The number of carboxylic acids is 2. The molecular weight excluding hydrogens is 210 g/mol. The van der Waals surface area contributed by atoms with E-state index in [0.29, 0.717) is 25.3 Å². The van der Waals surface area contributed by atoms with Crippen LogP contribution in [0.1, 0.15) is 44.9 Å². The number of hydrogen-bond donors (Lipinski definition) is 3. The summed E-state index contributed by atoms with van der Waals surface area (Å²) in [6.45, 7) is 0.559. The molecule has 0 saturated heterocycles. The molecule has 94 valence electrons. The minimum atomic E-state index is -0.785. The van der Waals surface area contributed by atoms with E-state index in [9.17, 15) is 9.59 Å². The van der Waals surface area contributed by atoms with Gasteiger partial charge in [0.15, 0.2) is 0 Å². The third-order valence-corrected chi connectivity index (χ3v) is 2.59. The lowest BCUT2D eigenvalue weighted by Gasteiger charge is -2.14. The molecule has 0 fully saturated rings. The summed E-state index contributed by atoms with van der Waals surface area (Å²) in [5, 5.41) is 17.0. The predicted octanol–water partition coefficient (Wildman–Crippen LogP) is 1.46. The molecule has 1 atom stereocenters. The normalized spacial score (nSPS) is 12.3. The van der Waals surface area contributed by atoms with Crippen LogP contribution in [-0.2, 0) is 9.59 Å². The monoisotopic (exact) mass is 231 g/mol. The summed E-state index contributed by atoms with van der Waals surface area (Å²) < 4.78 is 0. The van der Waals surface area contributed by atoms with Crippen molar-refractivity contribution < 1.29 is 19.8 Å². The van der Waals surface area contributed by atoms with Crippen molar-refractivity contribution in [3.63, 3.8) is 0 Å². The summed E-state index contributed by atoms with van der Waals surface area (Å²) in [6.07, 6.45) is 4.18. The second-order valence-corrected chi connectivity index (χ2v) is 4.02. The standard InChI is InChI=1S/C11H21NO4/c12-8-7-9(5-6-11(15)16)3-1-2-4-10(13)14/h9H,1-8,12H2,(H,13,14)(H,15,16). The zero-order chi connectivity index (χ0) is 12.4. The summed E-state index contributed by atoms with van der Waals surface area (Å²) in [4.78, 5) is 20.7. The number of rotatable bonds is 10. The highest BCUT2D eigenvalue weighted by Gasteiger charge is 2.10. The number of carboxylic acid groups (broad SMARTS) is 2. The van der Waals surface area contributed by atoms with Crippen molar-refractivity contribution in [2.45, 2.75) is 44.9 Å². The fourth-order valence-electron chi connectivity index (χ4n) is 1.71. The average molecular weight is 231 g/mol. The smallest absolute Gasteiger partial charge is 0.303 e. The van der Waals surface area contributed by atoms with Crippen molar-refractivity contribution in [3.05, 3.63) is 0 Å². The second kappa shape index (κ2) is 9.15. The summed E-state index contributed by atoms with van der Waals surface area (Å²) >= 11 is 0. The van der Waals surface area contributed by atoms with Crippen LogP contribution in [0, 0.1) is 5.92 Å². The highest BCUT2D eigenvalue weighted by Crippen LogP contribution is 2.18. The minimum Gasteiger partial charge on any atom is -0.481 e. The van der Waals surface area contributed by atoms with E-state index in [2.05, 4.69) is 0 Å². The van der Waals surface area contributed by atoms with Gasteiger partial charge in [-0.05, 0) is 31.7 Å². The van der Waals surface area contributed by atoms with Crippen LogP contribution >= 0.6 is 0 Å². The lowest BCUT2D eigenvalue weighted by Crippen LogP contribution is -2.11. The van der Waals surface area contributed by atoms with Crippen LogP contribution < -0.4 is 5.73 Å². The van der Waals surface area contributed by atoms with Gasteiger partial charge in [-0.2, -0.15) is 0 Å². The van der Waals surface area contributed by atoms with E-state index in [-0.39, 0.29) is 12.8 Å². The van der Waals surface area contributed by atoms with E-state index in [1.165, 1.54) is 0 Å². The van der Waals surface area contributed by atoms with Gasteiger partial charge in [-0.3, -0.25) is 9.59 Å². The Morgan fingerprint density at radius 1 is 0.938 bits per heavy atom. The van der Waals surface area contributed by atoms with Gasteiger partial charge in [0.25, 0.3) is 0 Å². The molecule has 0 heterocycles. The maximum Gasteiger partial charge on any atom is 0.303 e. The van der Waals surface area contributed by atoms with Gasteiger partial charge in [0.05, 0.1) is 0 Å². The number of hydrogen-bond acceptors (Lipinski definition) is 3. The molecule has 0 saturated carbocycles. The van der Waals surface area contributed by atoms with Gasteiger partial charge in [0, 0.05) is 12.8 Å². The summed E-state index contributed by atoms with van der Waals surface area (Å²) in [6, 6.07) is 0. The lowest BCUT2D eigenvalue weighted by atomic mass is 9.93. The summed E-state index contributed by atoms with van der Waals surface area (Å²) in [5.74, 6) is -1.25. The highest BCUT2D eigenvalue weighted by molar-refractivity contribution is 5.66. The molecule has 0 aromatic heterocycles. The Bertz CT molecular complexity index is 218. The Labute approximate surface area is 95.6 Å². The Morgan fingerprint density at radius 2 is 1.56 bits per heavy atom. The van der Waals surface area contributed by atoms with Gasteiger partial charge in [-0.25, -0.2) is 0 Å². The minimum absolute atomic E-state index is 0.170. The molecule has 0 spiro atoms. The first kappa shape index (κ1) is 14.9. The predicted molar refractivity (Wildman–Crippen MR) is 60.1 cm³/mol. The third-order valence-electron chi connectivity index (χ3n) is 2.59. The molecule has 0 rings (SSSR count). The first-order chi connectivity index (χ1) is 7.56. The molecule has 0 bridgehead atoms. The molecule has 1 unspecified atom stereocenters. The zero-order valence-corrected chi connectivity index (χ0v) is 9.52. The molecule has 0 aromatic rings. The molecule has 0 amide bonds. The molecule has 5 nitrogen and oxygen atoms in total. The van der Waals surface area contributed by atoms with E-state index in [4.69, 9.17) is 15.9 Å². The van der Waals surface area contributed by atoms with E-state index in [0.717, 1.165) is 19.3 Å². The van der Waals surface area contributed by atoms with Gasteiger partial charge >= 0.3 is 11.9 Å². The van der Waals surface area contributed by atoms with Crippen LogP contribution in [0.2, 0.25) is 0 Å². The van der Waals surface area contributed by atoms with E-state index >= 15 is 0 Å². The van der Waals surface area contributed by atoms with Crippen molar-refractivity contribution in [2.24, 2.45) is 11.7 Å². The number of aliphatic carboxylic acids is 2. The van der Waals surface area contributed by atoms with Crippen LogP contribution in [0.15, 0.2) is 0 Å². The third kappa shape index (κ3) is 9.45. The molecule has 0 aliphatic heterocycles. The highest BCUT2D eigenvalue weighted by atomic mass is 16.4. The largest absolute Gasteiger partial charge is 0.481 e. The van der Waals surface area contributed by atoms with Crippen molar-refractivity contribution >= 4 is 11.9 Å². The maximum absolute atomic E-state index is 10.4. The van der Waals surface area contributed by atoms with Gasteiger partial charge in [-0.15, -0.1) is 0 Å². The molecule has 16 heavy (non-hydrogen) atoms.